The number of aliphatic hydroxyl groups is 2. The monoisotopic (exact) mass is 833 g/mol. The minimum absolute atomic E-state index is 0. The fourth-order valence-electron chi connectivity index (χ4n) is 8.88. The first-order valence-electron chi connectivity index (χ1n) is 18.7. The number of carbonyl (C=O) groups excluding carboxylic acids is 1. The normalized spacial score (nSPS) is 24.0. The highest BCUT2D eigenvalue weighted by Gasteiger charge is 2.48. The number of nitrogens with one attached hydrogen (secondary N) is 2. The van der Waals surface area contributed by atoms with Gasteiger partial charge in [0, 0.05) is 49.9 Å². The zero-order chi connectivity index (χ0) is 36.3. The van der Waals surface area contributed by atoms with Gasteiger partial charge in [0.15, 0.2) is 12.4 Å². The van der Waals surface area contributed by atoms with Gasteiger partial charge in [-0.15, -0.1) is 0 Å². The molecule has 3 aromatic carbocycles. The van der Waals surface area contributed by atoms with Crippen molar-refractivity contribution in [2.75, 3.05) is 57.9 Å². The number of carbonyl (C=O) groups is 1. The van der Waals surface area contributed by atoms with Crippen molar-refractivity contribution in [3.8, 4) is 17.2 Å². The number of nitrogens with zero attached hydrogens (tertiary/aromatic N) is 1. The third-order valence-corrected chi connectivity index (χ3v) is 12.3. The molecular formula is C40H50BrCl2N3O7. The van der Waals surface area contributed by atoms with E-state index >= 15 is 0 Å². The number of hydrogen-bond donors (Lipinski definition) is 5. The lowest BCUT2D eigenvalue weighted by Crippen LogP contribution is -3.00. The largest absolute Gasteiger partial charge is 1.00 e. The number of halogens is 3. The third kappa shape index (κ3) is 9.10. The second kappa shape index (κ2) is 17.5. The molecule has 5 aliphatic rings. The Bertz CT molecular complexity index is 1700. The van der Waals surface area contributed by atoms with Crippen molar-refractivity contribution < 1.29 is 55.8 Å². The van der Waals surface area contributed by atoms with E-state index in [4.69, 9.17) is 37.4 Å². The molecule has 2 bridgehead atoms. The molecule has 1 aliphatic carbocycles. The molecule has 0 unspecified atom stereocenters. The van der Waals surface area contributed by atoms with Gasteiger partial charge in [0.2, 0.25) is 0 Å². The minimum Gasteiger partial charge on any atom is -1.00 e. The van der Waals surface area contributed by atoms with Crippen LogP contribution >= 0.6 is 23.2 Å². The summed E-state index contributed by atoms with van der Waals surface area (Å²) in [6.45, 7) is 5.46. The van der Waals surface area contributed by atoms with E-state index in [9.17, 15) is 20.1 Å². The zero-order valence-electron chi connectivity index (χ0n) is 29.9. The highest BCUT2D eigenvalue weighted by atomic mass is 79.9. The number of fused-ring (bicyclic) bond motifs is 4. The van der Waals surface area contributed by atoms with Gasteiger partial charge in [-0.05, 0) is 48.1 Å². The fourth-order valence-corrected chi connectivity index (χ4v) is 9.52. The molecule has 10 nitrogen and oxygen atoms in total. The standard InChI is InChI=1S/C40H49Cl2N3O7.BrH/c41-32-17-26(21-43-22-35(47)31-19-30(46)20-34-38(31)51-24-37(48)44-34)18-33(42)39(32)50-16-6-13-45-14-11-27(12-15-45)36(23-45)52-25-40(49,29-9-4-5-10-29)28-7-2-1-3-8-28;/h1-3,7-8,17-20,27,29,35-36,43,47,49H,4-6,9-16,21-25H2,(H-,44,46,48);1H/t27?,35-,36-,40+,45?;/m0./s1. The van der Waals surface area contributed by atoms with E-state index in [0.717, 1.165) is 73.9 Å². The molecule has 53 heavy (non-hydrogen) atoms. The van der Waals surface area contributed by atoms with E-state index in [1.165, 1.54) is 25.0 Å². The number of benzene rings is 3. The van der Waals surface area contributed by atoms with Crippen LogP contribution in [0.5, 0.6) is 17.2 Å². The predicted molar refractivity (Wildman–Crippen MR) is 200 cm³/mol. The van der Waals surface area contributed by atoms with Crippen LogP contribution in [-0.4, -0.2) is 84.4 Å². The molecule has 0 radical (unpaired) electrons. The second-order valence-electron chi connectivity index (χ2n) is 15.1. The van der Waals surface area contributed by atoms with Gasteiger partial charge in [-0.25, -0.2) is 0 Å². The summed E-state index contributed by atoms with van der Waals surface area (Å²) >= 11 is 13.3. The Morgan fingerprint density at radius 3 is 2.47 bits per heavy atom. The molecule has 4 heterocycles. The van der Waals surface area contributed by atoms with Crippen LogP contribution in [0.1, 0.15) is 67.7 Å². The Morgan fingerprint density at radius 1 is 1.04 bits per heavy atom. The smallest absolute Gasteiger partial charge is 0.262 e. The molecule has 1 amide bonds. The minimum atomic E-state index is -1.00. The van der Waals surface area contributed by atoms with Crippen molar-refractivity contribution in [1.82, 2.24) is 5.32 Å². The van der Waals surface area contributed by atoms with Gasteiger partial charge in [0.25, 0.3) is 5.91 Å². The third-order valence-electron chi connectivity index (χ3n) is 11.7. The molecule has 3 atom stereocenters. The molecular weight excluding hydrogens is 785 g/mol. The molecule has 13 heteroatoms. The van der Waals surface area contributed by atoms with Gasteiger partial charge in [0.05, 0.1) is 54.7 Å². The highest BCUT2D eigenvalue weighted by Crippen LogP contribution is 2.43. The van der Waals surface area contributed by atoms with Crippen LogP contribution in [0.2, 0.25) is 10.0 Å². The Balaban J connectivity index is 0.00000481. The maximum atomic E-state index is 12.0. The maximum absolute atomic E-state index is 12.0. The Kier molecular flexibility index (Phi) is 13.2. The predicted octanol–water partition coefficient (Wildman–Crippen LogP) is 3.33. The number of piperidine rings is 3. The lowest BCUT2D eigenvalue weighted by Gasteiger charge is -2.53. The van der Waals surface area contributed by atoms with Crippen LogP contribution in [0.4, 0.5) is 5.69 Å². The Labute approximate surface area is 332 Å². The molecule has 3 saturated heterocycles. The molecule has 0 spiro atoms. The summed E-state index contributed by atoms with van der Waals surface area (Å²) in [7, 11) is 0. The summed E-state index contributed by atoms with van der Waals surface area (Å²) in [5.74, 6) is 1.17. The van der Waals surface area contributed by atoms with Crippen LogP contribution in [0.25, 0.3) is 0 Å². The maximum Gasteiger partial charge on any atom is 0.262 e. The van der Waals surface area contributed by atoms with E-state index in [2.05, 4.69) is 10.6 Å². The quantitative estimate of drug-likeness (QED) is 0.117. The van der Waals surface area contributed by atoms with E-state index in [0.29, 0.717) is 58.5 Å². The Morgan fingerprint density at radius 2 is 1.75 bits per heavy atom. The van der Waals surface area contributed by atoms with Crippen molar-refractivity contribution in [2.45, 2.75) is 69.3 Å². The van der Waals surface area contributed by atoms with Crippen molar-refractivity contribution in [3.05, 3.63) is 81.3 Å². The van der Waals surface area contributed by atoms with Gasteiger partial charge in [0.1, 0.15) is 29.7 Å². The number of amides is 1. The van der Waals surface area contributed by atoms with E-state index < -0.39 is 11.7 Å². The number of hydrogen-bond acceptors (Lipinski definition) is 8. The van der Waals surface area contributed by atoms with Crippen LogP contribution in [0.3, 0.4) is 0 Å². The van der Waals surface area contributed by atoms with E-state index in [-0.39, 0.29) is 53.8 Å². The van der Waals surface area contributed by atoms with Gasteiger partial charge in [-0.3, -0.25) is 4.79 Å². The molecule has 3 aromatic rings. The SMILES string of the molecule is O=C1COc2c(cc(O)cc2[C@@H](O)CNCc2cc(Cl)c(OCCC[N+]34CCC(CC3)[C@@H](OC[C@@](O)(c3ccccc3)C3CCCC3)C4)c(Cl)c2)N1.[Br-]. The van der Waals surface area contributed by atoms with Crippen LogP contribution in [-0.2, 0) is 21.7 Å². The summed E-state index contributed by atoms with van der Waals surface area (Å²) in [5.41, 5.74) is 1.55. The van der Waals surface area contributed by atoms with Crippen molar-refractivity contribution >= 4 is 34.8 Å². The molecule has 1 saturated carbocycles. The number of phenolic OH excluding ortho intramolecular Hbond substituents is 1. The number of rotatable bonds is 15. The second-order valence-corrected chi connectivity index (χ2v) is 16.0. The Hall–Kier alpha value is -2.61. The molecule has 288 valence electrons. The van der Waals surface area contributed by atoms with Crippen molar-refractivity contribution in [3.63, 3.8) is 0 Å². The summed E-state index contributed by atoms with van der Waals surface area (Å²) in [4.78, 5) is 11.7. The average molecular weight is 836 g/mol. The van der Waals surface area contributed by atoms with Gasteiger partial charge in [-0.2, -0.15) is 0 Å². The summed E-state index contributed by atoms with van der Waals surface area (Å²) in [6.07, 6.45) is 6.71. The van der Waals surface area contributed by atoms with Crippen molar-refractivity contribution in [1.29, 1.82) is 0 Å². The summed E-state index contributed by atoms with van der Waals surface area (Å²) in [5, 5.41) is 39.7. The molecule has 5 N–H and O–H groups in total. The number of quaternary nitrogens is 1. The first-order chi connectivity index (χ1) is 25.1. The molecule has 0 aromatic heterocycles. The number of ether oxygens (including phenoxy) is 3. The first kappa shape index (κ1) is 40.1. The number of aliphatic hydroxyl groups excluding tert-OH is 1. The number of anilines is 1. The van der Waals surface area contributed by atoms with Crippen LogP contribution < -0.4 is 37.1 Å². The molecule has 8 rings (SSSR count). The number of aromatic hydroxyl groups is 1. The van der Waals surface area contributed by atoms with E-state index in [1.807, 2.05) is 30.3 Å². The van der Waals surface area contributed by atoms with Crippen molar-refractivity contribution in [2.24, 2.45) is 11.8 Å². The van der Waals surface area contributed by atoms with Gasteiger partial charge >= 0.3 is 0 Å². The average Bonchev–Trinajstić information content (AvgIpc) is 3.70. The molecule has 4 fully saturated rings. The first-order valence-corrected chi connectivity index (χ1v) is 19.4. The zero-order valence-corrected chi connectivity index (χ0v) is 33.0. The number of phenols is 1. The summed E-state index contributed by atoms with van der Waals surface area (Å²) < 4.78 is 19.4. The highest BCUT2D eigenvalue weighted by molar-refractivity contribution is 6.37. The van der Waals surface area contributed by atoms with Gasteiger partial charge < -0.3 is 61.6 Å². The summed E-state index contributed by atoms with van der Waals surface area (Å²) in [6, 6.07) is 16.5. The van der Waals surface area contributed by atoms with Crippen LogP contribution in [0, 0.1) is 11.8 Å². The lowest BCUT2D eigenvalue weighted by molar-refractivity contribution is -0.946. The van der Waals surface area contributed by atoms with Gasteiger partial charge in [-0.1, -0.05) is 66.4 Å². The molecule has 4 aliphatic heterocycles. The van der Waals surface area contributed by atoms with E-state index in [1.54, 1.807) is 12.1 Å². The van der Waals surface area contributed by atoms with Crippen LogP contribution in [0.15, 0.2) is 54.6 Å². The topological polar surface area (TPSA) is 130 Å². The fraction of sp³-hybridized carbons (Fsp3) is 0.525. The lowest BCUT2D eigenvalue weighted by atomic mass is 9.80.